The normalized spacial score (nSPS) is 12.3. The summed E-state index contributed by atoms with van der Waals surface area (Å²) >= 11 is 3.44. The first-order valence-corrected chi connectivity index (χ1v) is 7.10. The SMILES string of the molecule is Cc1ccc(Oc2cc(C)c(F)cc2[C@H](C)O)c(Br)c1. The van der Waals surface area contributed by atoms with Crippen LogP contribution in [0.1, 0.15) is 29.7 Å². The third kappa shape index (κ3) is 3.19. The second-order valence-electron chi connectivity index (χ2n) is 4.85. The third-order valence-corrected chi connectivity index (χ3v) is 3.67. The summed E-state index contributed by atoms with van der Waals surface area (Å²) in [5.41, 5.74) is 2.02. The van der Waals surface area contributed by atoms with E-state index in [9.17, 15) is 9.50 Å². The first kappa shape index (κ1) is 15.0. The lowest BCUT2D eigenvalue weighted by atomic mass is 10.1. The molecule has 0 aliphatic carbocycles. The first-order valence-electron chi connectivity index (χ1n) is 6.30. The second-order valence-corrected chi connectivity index (χ2v) is 5.71. The minimum absolute atomic E-state index is 0.351. The fraction of sp³-hybridized carbons (Fsp3) is 0.250. The van der Waals surface area contributed by atoms with Gasteiger partial charge in [-0.15, -0.1) is 0 Å². The lowest BCUT2D eigenvalue weighted by Gasteiger charge is -2.15. The van der Waals surface area contributed by atoms with Crippen LogP contribution in [-0.2, 0) is 0 Å². The summed E-state index contributed by atoms with van der Waals surface area (Å²) in [6, 6.07) is 8.62. The van der Waals surface area contributed by atoms with Gasteiger partial charge in [0, 0.05) is 5.56 Å². The van der Waals surface area contributed by atoms with Crippen LogP contribution in [0.25, 0.3) is 0 Å². The molecule has 0 saturated carbocycles. The number of aliphatic hydroxyl groups excluding tert-OH is 1. The van der Waals surface area contributed by atoms with E-state index in [2.05, 4.69) is 15.9 Å². The van der Waals surface area contributed by atoms with Crippen LogP contribution >= 0.6 is 15.9 Å². The Kier molecular flexibility index (Phi) is 4.45. The summed E-state index contributed by atoms with van der Waals surface area (Å²) in [6.45, 7) is 5.23. The molecule has 0 amide bonds. The van der Waals surface area contributed by atoms with Gasteiger partial charge in [-0.1, -0.05) is 6.07 Å². The van der Waals surface area contributed by atoms with Gasteiger partial charge in [0.05, 0.1) is 10.6 Å². The van der Waals surface area contributed by atoms with Crippen molar-refractivity contribution in [2.24, 2.45) is 0 Å². The molecule has 0 aliphatic heterocycles. The van der Waals surface area contributed by atoms with E-state index in [0.717, 1.165) is 10.0 Å². The zero-order valence-electron chi connectivity index (χ0n) is 11.6. The van der Waals surface area contributed by atoms with E-state index in [1.165, 1.54) is 6.07 Å². The molecule has 0 aliphatic rings. The van der Waals surface area contributed by atoms with Crippen molar-refractivity contribution in [1.82, 2.24) is 0 Å². The van der Waals surface area contributed by atoms with Crippen molar-refractivity contribution in [2.75, 3.05) is 0 Å². The van der Waals surface area contributed by atoms with Crippen LogP contribution in [0.15, 0.2) is 34.8 Å². The number of hydrogen-bond acceptors (Lipinski definition) is 2. The summed E-state index contributed by atoms with van der Waals surface area (Å²) in [5, 5.41) is 9.75. The van der Waals surface area contributed by atoms with Crippen LogP contribution in [0.4, 0.5) is 4.39 Å². The van der Waals surface area contributed by atoms with Crippen molar-refractivity contribution >= 4 is 15.9 Å². The summed E-state index contributed by atoms with van der Waals surface area (Å²) in [7, 11) is 0. The molecule has 20 heavy (non-hydrogen) atoms. The molecule has 0 radical (unpaired) electrons. The van der Waals surface area contributed by atoms with Crippen LogP contribution in [0.5, 0.6) is 11.5 Å². The maximum Gasteiger partial charge on any atom is 0.141 e. The van der Waals surface area contributed by atoms with Gasteiger partial charge >= 0.3 is 0 Å². The quantitative estimate of drug-likeness (QED) is 0.848. The molecular formula is C16H16BrFO2. The van der Waals surface area contributed by atoms with E-state index >= 15 is 0 Å². The number of aliphatic hydroxyl groups is 1. The van der Waals surface area contributed by atoms with Gasteiger partial charge in [0.2, 0.25) is 0 Å². The van der Waals surface area contributed by atoms with Crippen LogP contribution in [-0.4, -0.2) is 5.11 Å². The number of halogens is 2. The van der Waals surface area contributed by atoms with Crippen molar-refractivity contribution in [3.05, 3.63) is 57.3 Å². The Bertz CT molecular complexity index is 639. The van der Waals surface area contributed by atoms with E-state index in [-0.39, 0.29) is 5.82 Å². The minimum Gasteiger partial charge on any atom is -0.456 e. The molecule has 1 atom stereocenters. The summed E-state index contributed by atoms with van der Waals surface area (Å²) in [5.74, 6) is 0.739. The third-order valence-electron chi connectivity index (χ3n) is 3.05. The second kappa shape index (κ2) is 5.94. The molecule has 0 saturated heterocycles. The van der Waals surface area contributed by atoms with Crippen molar-refractivity contribution in [3.8, 4) is 11.5 Å². The zero-order valence-corrected chi connectivity index (χ0v) is 13.2. The molecule has 0 unspecified atom stereocenters. The number of hydrogen-bond donors (Lipinski definition) is 1. The van der Waals surface area contributed by atoms with Crippen molar-refractivity contribution < 1.29 is 14.2 Å². The highest BCUT2D eigenvalue weighted by Gasteiger charge is 2.14. The highest BCUT2D eigenvalue weighted by molar-refractivity contribution is 9.10. The maximum absolute atomic E-state index is 13.6. The fourth-order valence-electron chi connectivity index (χ4n) is 1.89. The number of benzene rings is 2. The minimum atomic E-state index is -0.802. The predicted octanol–water partition coefficient (Wildman–Crippen LogP) is 5.05. The Morgan fingerprint density at radius 1 is 1.15 bits per heavy atom. The van der Waals surface area contributed by atoms with E-state index in [4.69, 9.17) is 4.74 Å². The Morgan fingerprint density at radius 3 is 2.45 bits per heavy atom. The Balaban J connectivity index is 2.44. The highest BCUT2D eigenvalue weighted by atomic mass is 79.9. The van der Waals surface area contributed by atoms with E-state index in [1.807, 2.05) is 25.1 Å². The van der Waals surface area contributed by atoms with Crippen molar-refractivity contribution in [3.63, 3.8) is 0 Å². The number of aryl methyl sites for hydroxylation is 2. The molecule has 0 fully saturated rings. The molecule has 1 N–H and O–H groups in total. The predicted molar refractivity (Wildman–Crippen MR) is 80.7 cm³/mol. The molecule has 0 aromatic heterocycles. The number of rotatable bonds is 3. The Hall–Kier alpha value is -1.39. The largest absolute Gasteiger partial charge is 0.456 e. The van der Waals surface area contributed by atoms with Gasteiger partial charge in [-0.3, -0.25) is 0 Å². The molecular weight excluding hydrogens is 323 g/mol. The van der Waals surface area contributed by atoms with Gasteiger partial charge in [-0.05, 0) is 72.1 Å². The zero-order chi connectivity index (χ0) is 14.9. The molecule has 0 spiro atoms. The molecule has 2 aromatic rings. The van der Waals surface area contributed by atoms with Gasteiger partial charge in [0.25, 0.3) is 0 Å². The molecule has 0 bridgehead atoms. The van der Waals surface area contributed by atoms with Gasteiger partial charge in [0.1, 0.15) is 17.3 Å². The van der Waals surface area contributed by atoms with Gasteiger partial charge in [0.15, 0.2) is 0 Å². The summed E-state index contributed by atoms with van der Waals surface area (Å²) in [6.07, 6.45) is -0.802. The number of ether oxygens (including phenoxy) is 1. The first-order chi connectivity index (χ1) is 9.38. The Labute approximate surface area is 126 Å². The summed E-state index contributed by atoms with van der Waals surface area (Å²) in [4.78, 5) is 0. The molecule has 0 heterocycles. The maximum atomic E-state index is 13.6. The van der Waals surface area contributed by atoms with Crippen LogP contribution in [0, 0.1) is 19.7 Å². The van der Waals surface area contributed by atoms with Crippen LogP contribution in [0.3, 0.4) is 0 Å². The fourth-order valence-corrected chi connectivity index (χ4v) is 2.47. The Morgan fingerprint density at radius 2 is 1.85 bits per heavy atom. The van der Waals surface area contributed by atoms with Crippen LogP contribution < -0.4 is 4.74 Å². The smallest absolute Gasteiger partial charge is 0.141 e. The molecule has 106 valence electrons. The van der Waals surface area contributed by atoms with E-state index in [0.29, 0.717) is 22.6 Å². The van der Waals surface area contributed by atoms with Crippen LogP contribution in [0.2, 0.25) is 0 Å². The lowest BCUT2D eigenvalue weighted by Crippen LogP contribution is -1.99. The molecule has 4 heteroatoms. The molecule has 2 nitrogen and oxygen atoms in total. The van der Waals surface area contributed by atoms with E-state index < -0.39 is 6.10 Å². The van der Waals surface area contributed by atoms with Gasteiger partial charge in [-0.25, -0.2) is 4.39 Å². The van der Waals surface area contributed by atoms with Gasteiger partial charge < -0.3 is 9.84 Å². The molecule has 2 aromatic carbocycles. The van der Waals surface area contributed by atoms with Crippen molar-refractivity contribution in [1.29, 1.82) is 0 Å². The van der Waals surface area contributed by atoms with E-state index in [1.54, 1.807) is 19.9 Å². The average molecular weight is 339 g/mol. The van der Waals surface area contributed by atoms with Gasteiger partial charge in [-0.2, -0.15) is 0 Å². The van der Waals surface area contributed by atoms with Crippen molar-refractivity contribution in [2.45, 2.75) is 26.9 Å². The highest BCUT2D eigenvalue weighted by Crippen LogP contribution is 2.35. The average Bonchev–Trinajstić information content (AvgIpc) is 2.36. The molecule has 2 rings (SSSR count). The lowest BCUT2D eigenvalue weighted by molar-refractivity contribution is 0.195. The monoisotopic (exact) mass is 338 g/mol. The topological polar surface area (TPSA) is 29.5 Å². The summed E-state index contributed by atoms with van der Waals surface area (Å²) < 4.78 is 20.2. The standard InChI is InChI=1S/C16H16BrFO2/c1-9-4-5-15(13(17)6-9)20-16-7-10(2)14(18)8-12(16)11(3)19/h4-8,11,19H,1-3H3/t11-/m0/s1.